The van der Waals surface area contributed by atoms with Crippen LogP contribution in [0.1, 0.15) is 70.2 Å². The maximum atomic E-state index is 12.6. The minimum atomic E-state index is -0.478. The Morgan fingerprint density at radius 1 is 1.33 bits per heavy atom. The first kappa shape index (κ1) is 15.9. The third-order valence-corrected chi connectivity index (χ3v) is 3.98. The zero-order valence-corrected chi connectivity index (χ0v) is 14.0. The van der Waals surface area contributed by atoms with Gasteiger partial charge < -0.3 is 9.72 Å². The lowest BCUT2D eigenvalue weighted by Crippen LogP contribution is -2.46. The zero-order chi connectivity index (χ0) is 15.8. The Bertz CT molecular complexity index is 497. The summed E-state index contributed by atoms with van der Waals surface area (Å²) in [6, 6.07) is 0.153. The number of aryl methyl sites for hydroxylation is 2. The molecule has 1 fully saturated rings. The number of hydrogen-bond acceptors (Lipinski definition) is 3. The average molecular weight is 293 g/mol. The fourth-order valence-electron chi connectivity index (χ4n) is 2.82. The van der Waals surface area contributed by atoms with Crippen LogP contribution in [0.15, 0.2) is 0 Å². The fraction of sp³-hybridized carbons (Fsp3) is 0.750. The minimum Gasteiger partial charge on any atom is -0.444 e. The quantitative estimate of drug-likeness (QED) is 0.855. The van der Waals surface area contributed by atoms with Gasteiger partial charge in [-0.3, -0.25) is 4.90 Å². The van der Waals surface area contributed by atoms with Crippen LogP contribution >= 0.6 is 0 Å². The summed E-state index contributed by atoms with van der Waals surface area (Å²) < 4.78 is 5.58. The van der Waals surface area contributed by atoms with Crippen molar-refractivity contribution < 1.29 is 9.53 Å². The third kappa shape index (κ3) is 3.57. The Labute approximate surface area is 127 Å². The van der Waals surface area contributed by atoms with Crippen molar-refractivity contribution in [3.05, 3.63) is 17.2 Å². The Hall–Kier alpha value is -1.52. The smallest absolute Gasteiger partial charge is 0.411 e. The number of aromatic amines is 1. The predicted molar refractivity (Wildman–Crippen MR) is 82.2 cm³/mol. The summed E-state index contributed by atoms with van der Waals surface area (Å²) in [5.74, 6) is 0.877. The van der Waals surface area contributed by atoms with E-state index in [2.05, 4.69) is 16.9 Å². The topological polar surface area (TPSA) is 58.2 Å². The van der Waals surface area contributed by atoms with Crippen molar-refractivity contribution in [2.24, 2.45) is 0 Å². The second-order valence-corrected chi connectivity index (χ2v) is 7.02. The lowest BCUT2D eigenvalue weighted by Gasteiger charge is -2.40. The van der Waals surface area contributed by atoms with Crippen LogP contribution in [0.2, 0.25) is 0 Å². The molecule has 0 aliphatic carbocycles. The van der Waals surface area contributed by atoms with E-state index in [9.17, 15) is 4.79 Å². The van der Waals surface area contributed by atoms with Crippen molar-refractivity contribution in [1.29, 1.82) is 0 Å². The summed E-state index contributed by atoms with van der Waals surface area (Å²) >= 11 is 0. The molecule has 5 heteroatoms. The van der Waals surface area contributed by atoms with Crippen molar-refractivity contribution in [3.63, 3.8) is 0 Å². The lowest BCUT2D eigenvalue weighted by atomic mass is 9.96. The molecule has 5 nitrogen and oxygen atoms in total. The second-order valence-electron chi connectivity index (χ2n) is 7.02. The first-order chi connectivity index (χ1) is 9.69. The van der Waals surface area contributed by atoms with Gasteiger partial charge in [-0.15, -0.1) is 0 Å². The Kier molecular flexibility index (Phi) is 4.30. The molecule has 1 saturated heterocycles. The van der Waals surface area contributed by atoms with E-state index in [4.69, 9.17) is 4.74 Å². The number of carbonyl (C=O) groups is 1. The SMILES string of the molecule is Cc1nc(C2CCCC(C)N2C(=O)OC(C)(C)C)[nH]c1C. The number of carbonyl (C=O) groups excluding carboxylic acids is 1. The molecule has 21 heavy (non-hydrogen) atoms. The van der Waals surface area contributed by atoms with Crippen LogP contribution < -0.4 is 0 Å². The zero-order valence-electron chi connectivity index (χ0n) is 14.0. The van der Waals surface area contributed by atoms with Gasteiger partial charge in [-0.1, -0.05) is 0 Å². The molecule has 1 amide bonds. The summed E-state index contributed by atoms with van der Waals surface area (Å²) in [5, 5.41) is 0. The van der Waals surface area contributed by atoms with E-state index in [-0.39, 0.29) is 18.2 Å². The van der Waals surface area contributed by atoms with Crippen molar-refractivity contribution in [2.45, 2.75) is 78.5 Å². The standard InChI is InChI=1S/C16H27N3O2/c1-10-8-7-9-13(14-17-11(2)12(3)18-14)19(10)15(20)21-16(4,5)6/h10,13H,7-9H2,1-6H3,(H,17,18). The van der Waals surface area contributed by atoms with Crippen LogP contribution in [0.5, 0.6) is 0 Å². The highest BCUT2D eigenvalue weighted by atomic mass is 16.6. The van der Waals surface area contributed by atoms with Crippen molar-refractivity contribution in [2.75, 3.05) is 0 Å². The number of ether oxygens (including phenoxy) is 1. The number of nitrogens with zero attached hydrogens (tertiary/aromatic N) is 2. The van der Waals surface area contributed by atoms with Crippen LogP contribution in [0, 0.1) is 13.8 Å². The lowest BCUT2D eigenvalue weighted by molar-refractivity contribution is -0.00447. The number of piperidine rings is 1. The number of nitrogens with one attached hydrogen (secondary N) is 1. The van der Waals surface area contributed by atoms with Gasteiger partial charge in [0.05, 0.1) is 11.7 Å². The van der Waals surface area contributed by atoms with Crippen molar-refractivity contribution in [3.8, 4) is 0 Å². The summed E-state index contributed by atoms with van der Waals surface area (Å²) in [6.07, 6.45) is 2.79. The normalized spacial score (nSPS) is 23.2. The molecule has 2 heterocycles. The first-order valence-corrected chi connectivity index (χ1v) is 7.73. The predicted octanol–water partition coefficient (Wildman–Crippen LogP) is 3.88. The number of rotatable bonds is 1. The number of aromatic nitrogens is 2. The number of imidazole rings is 1. The number of hydrogen-bond donors (Lipinski definition) is 1. The third-order valence-electron chi connectivity index (χ3n) is 3.98. The number of H-pyrrole nitrogens is 1. The van der Waals surface area contributed by atoms with Gasteiger partial charge in [0, 0.05) is 11.7 Å². The molecule has 0 bridgehead atoms. The monoisotopic (exact) mass is 293 g/mol. The molecule has 2 rings (SSSR count). The van der Waals surface area contributed by atoms with E-state index in [1.807, 2.05) is 39.5 Å². The minimum absolute atomic E-state index is 0.0176. The molecule has 1 aliphatic heterocycles. The summed E-state index contributed by atoms with van der Waals surface area (Å²) in [6.45, 7) is 11.8. The molecule has 0 aromatic carbocycles. The van der Waals surface area contributed by atoms with Gasteiger partial charge in [0.2, 0.25) is 0 Å². The summed E-state index contributed by atoms with van der Waals surface area (Å²) in [7, 11) is 0. The van der Waals surface area contributed by atoms with E-state index >= 15 is 0 Å². The van der Waals surface area contributed by atoms with Gasteiger partial charge in [-0.05, 0) is 60.8 Å². The highest BCUT2D eigenvalue weighted by Gasteiger charge is 2.37. The van der Waals surface area contributed by atoms with Crippen molar-refractivity contribution >= 4 is 6.09 Å². The van der Waals surface area contributed by atoms with Gasteiger partial charge in [0.1, 0.15) is 11.4 Å². The van der Waals surface area contributed by atoms with Crippen LogP contribution in [0.25, 0.3) is 0 Å². The maximum absolute atomic E-state index is 12.6. The molecule has 1 N–H and O–H groups in total. The molecule has 1 aromatic rings. The van der Waals surface area contributed by atoms with Gasteiger partial charge in [0.25, 0.3) is 0 Å². The van der Waals surface area contributed by atoms with Gasteiger partial charge in [-0.2, -0.15) is 0 Å². The summed E-state index contributed by atoms with van der Waals surface area (Å²) in [5.41, 5.74) is 1.58. The van der Waals surface area contributed by atoms with Crippen LogP contribution in [0.4, 0.5) is 4.79 Å². The van der Waals surface area contributed by atoms with Crippen LogP contribution in [0.3, 0.4) is 0 Å². The highest BCUT2D eigenvalue weighted by Crippen LogP contribution is 2.34. The molecule has 2 atom stereocenters. The van der Waals surface area contributed by atoms with E-state index in [0.717, 1.165) is 36.5 Å². The Balaban J connectivity index is 2.26. The molecular formula is C16H27N3O2. The van der Waals surface area contributed by atoms with Gasteiger partial charge in [0.15, 0.2) is 0 Å². The number of likely N-dealkylation sites (tertiary alicyclic amines) is 1. The van der Waals surface area contributed by atoms with E-state index in [1.54, 1.807) is 0 Å². The molecular weight excluding hydrogens is 266 g/mol. The highest BCUT2D eigenvalue weighted by molar-refractivity contribution is 5.69. The van der Waals surface area contributed by atoms with Crippen molar-refractivity contribution in [1.82, 2.24) is 14.9 Å². The first-order valence-electron chi connectivity index (χ1n) is 7.73. The Morgan fingerprint density at radius 2 is 2.00 bits per heavy atom. The Morgan fingerprint density at radius 3 is 2.52 bits per heavy atom. The molecule has 1 aromatic heterocycles. The molecule has 1 aliphatic rings. The van der Waals surface area contributed by atoms with E-state index in [1.165, 1.54) is 0 Å². The van der Waals surface area contributed by atoms with Gasteiger partial charge >= 0.3 is 6.09 Å². The average Bonchev–Trinajstić information content (AvgIpc) is 2.66. The molecule has 118 valence electrons. The van der Waals surface area contributed by atoms with E-state index < -0.39 is 5.60 Å². The van der Waals surface area contributed by atoms with Crippen LogP contribution in [-0.4, -0.2) is 32.6 Å². The fourth-order valence-corrected chi connectivity index (χ4v) is 2.82. The molecule has 0 spiro atoms. The summed E-state index contributed by atoms with van der Waals surface area (Å²) in [4.78, 5) is 22.3. The van der Waals surface area contributed by atoms with Crippen LogP contribution in [-0.2, 0) is 4.74 Å². The van der Waals surface area contributed by atoms with Gasteiger partial charge in [-0.25, -0.2) is 9.78 Å². The van der Waals surface area contributed by atoms with E-state index in [0.29, 0.717) is 0 Å². The maximum Gasteiger partial charge on any atom is 0.411 e. The molecule has 0 radical (unpaired) electrons. The molecule has 0 saturated carbocycles. The number of amides is 1. The largest absolute Gasteiger partial charge is 0.444 e. The second kappa shape index (κ2) is 5.70. The molecule has 2 unspecified atom stereocenters.